The summed E-state index contributed by atoms with van der Waals surface area (Å²) in [5.74, 6) is -5.98. The van der Waals surface area contributed by atoms with E-state index in [9.17, 15) is 70.1 Å². The SMILES string of the molecule is CC(C)N(C(=O)c1cc2c(cc1C(F)(F)F)OC(C)(C(=O)O)C(=O)N2CCN(Cc1ccccc1)C(=O)OCc1ccccc1)C1CCCCC1.CC(C)N(C(=O)c1cc2c(cc1C(F)(F)F)OC(C)(CO)C(=O)N2CCN(Cc1ccccc1)C(=O)OCc1ccccc1)C1CCCCC1. The number of alkyl halides is 6. The summed E-state index contributed by atoms with van der Waals surface area (Å²) in [5.41, 5.74) is -5.48. The molecule has 6 aromatic carbocycles. The van der Waals surface area contributed by atoms with Crippen LogP contribution in [0.4, 0.5) is 47.3 Å². The summed E-state index contributed by atoms with van der Waals surface area (Å²) >= 11 is 0. The summed E-state index contributed by atoms with van der Waals surface area (Å²) in [6, 6.07) is 38.3. The van der Waals surface area contributed by atoms with Gasteiger partial charge in [-0.25, -0.2) is 14.4 Å². The van der Waals surface area contributed by atoms with Crippen molar-refractivity contribution < 1.29 is 89.1 Å². The normalized spacial score (nSPS) is 17.9. The van der Waals surface area contributed by atoms with Gasteiger partial charge in [-0.15, -0.1) is 0 Å². The maximum Gasteiger partial charge on any atom is 0.417 e. The van der Waals surface area contributed by atoms with Crippen molar-refractivity contribution in [2.75, 3.05) is 42.6 Å². The van der Waals surface area contributed by atoms with Crippen LogP contribution in [0.1, 0.15) is 160 Å². The van der Waals surface area contributed by atoms with Gasteiger partial charge in [-0.05, 0) is 114 Å². The molecule has 6 amide bonds. The van der Waals surface area contributed by atoms with Crippen LogP contribution in [0.25, 0.3) is 0 Å². The molecule has 2 aliphatic carbocycles. The number of hydrogen-bond acceptors (Lipinski definition) is 12. The highest BCUT2D eigenvalue weighted by atomic mass is 19.4. The molecule has 2 heterocycles. The van der Waals surface area contributed by atoms with Gasteiger partial charge in [0.05, 0.1) is 40.2 Å². The second-order valence-electron chi connectivity index (χ2n) is 26.7. The number of benzene rings is 6. The number of amides is 6. The summed E-state index contributed by atoms with van der Waals surface area (Å²) in [7, 11) is 0. The monoisotopic (exact) mass is 1400 g/mol. The highest BCUT2D eigenvalue weighted by Crippen LogP contribution is 2.47. The van der Waals surface area contributed by atoms with E-state index < -0.39 is 106 Å². The second-order valence-corrected chi connectivity index (χ2v) is 26.7. The summed E-state index contributed by atoms with van der Waals surface area (Å²) in [6.07, 6.45) is -3.23. The number of anilines is 2. The highest BCUT2D eigenvalue weighted by molar-refractivity contribution is 6.15. The molecule has 10 rings (SSSR count). The van der Waals surface area contributed by atoms with Crippen LogP contribution in [0.5, 0.6) is 11.5 Å². The van der Waals surface area contributed by atoms with Crippen molar-refractivity contribution in [2.24, 2.45) is 0 Å². The molecule has 25 heteroatoms. The molecule has 101 heavy (non-hydrogen) atoms. The Balaban J connectivity index is 0.000000235. The number of aliphatic hydroxyl groups is 1. The minimum absolute atomic E-state index is 0.00585. The molecular weight excluding hydrogens is 1320 g/mol. The summed E-state index contributed by atoms with van der Waals surface area (Å²) in [5, 5.41) is 20.3. The summed E-state index contributed by atoms with van der Waals surface area (Å²) < 4.78 is 111. The van der Waals surface area contributed by atoms with E-state index in [2.05, 4.69) is 0 Å². The van der Waals surface area contributed by atoms with E-state index in [1.807, 2.05) is 66.7 Å². The van der Waals surface area contributed by atoms with Gasteiger partial charge in [-0.2, -0.15) is 26.3 Å². The van der Waals surface area contributed by atoms with Crippen molar-refractivity contribution in [2.45, 2.75) is 180 Å². The number of halogens is 6. The van der Waals surface area contributed by atoms with Crippen molar-refractivity contribution in [1.82, 2.24) is 19.6 Å². The maximum atomic E-state index is 14.7. The summed E-state index contributed by atoms with van der Waals surface area (Å²) in [6.45, 7) is 7.80. The molecule has 0 bridgehead atoms. The van der Waals surface area contributed by atoms with E-state index in [4.69, 9.17) is 18.9 Å². The van der Waals surface area contributed by atoms with E-state index in [0.29, 0.717) is 31.7 Å². The number of carboxylic acid groups (broad SMARTS) is 1. The van der Waals surface area contributed by atoms with Crippen LogP contribution in [-0.4, -0.2) is 140 Å². The number of fused-ring (bicyclic) bond motifs is 2. The van der Waals surface area contributed by atoms with Crippen LogP contribution < -0.4 is 19.3 Å². The molecule has 0 spiro atoms. The van der Waals surface area contributed by atoms with E-state index >= 15 is 0 Å². The third kappa shape index (κ3) is 18.1. The maximum absolute atomic E-state index is 14.7. The Hall–Kier alpha value is -9.65. The fourth-order valence-electron chi connectivity index (χ4n) is 13.3. The third-order valence-electron chi connectivity index (χ3n) is 18.6. The van der Waals surface area contributed by atoms with Gasteiger partial charge in [-0.3, -0.25) is 19.2 Å². The van der Waals surface area contributed by atoms with Gasteiger partial charge >= 0.3 is 30.5 Å². The predicted octanol–water partition coefficient (Wildman–Crippen LogP) is 14.5. The topological polar surface area (TPSA) is 216 Å². The number of ether oxygens (including phenoxy) is 4. The quantitative estimate of drug-likeness (QED) is 0.0478. The molecule has 2 unspecified atom stereocenters. The first-order chi connectivity index (χ1) is 48.0. The largest absolute Gasteiger partial charge is 0.478 e. The van der Waals surface area contributed by atoms with Crippen LogP contribution in [0.2, 0.25) is 0 Å². The first-order valence-corrected chi connectivity index (χ1v) is 34.0. The van der Waals surface area contributed by atoms with Crippen LogP contribution in [0, 0.1) is 0 Å². The smallest absolute Gasteiger partial charge is 0.417 e. The van der Waals surface area contributed by atoms with Gasteiger partial charge in [0.25, 0.3) is 29.2 Å². The predicted molar refractivity (Wildman–Crippen MR) is 364 cm³/mol. The number of carboxylic acids is 1. The van der Waals surface area contributed by atoms with E-state index in [-0.39, 0.29) is 87.7 Å². The van der Waals surface area contributed by atoms with Gasteiger partial charge in [0.15, 0.2) is 0 Å². The fourth-order valence-corrected chi connectivity index (χ4v) is 13.3. The van der Waals surface area contributed by atoms with Crippen molar-refractivity contribution in [3.05, 3.63) is 190 Å². The highest BCUT2D eigenvalue weighted by Gasteiger charge is 2.53. The van der Waals surface area contributed by atoms with Crippen LogP contribution >= 0.6 is 0 Å². The van der Waals surface area contributed by atoms with Gasteiger partial charge < -0.3 is 58.6 Å². The first kappa shape index (κ1) is 75.5. The average Bonchev–Trinajstić information content (AvgIpc) is 0.743. The average molecular weight is 1410 g/mol. The van der Waals surface area contributed by atoms with E-state index in [0.717, 1.165) is 90.8 Å². The number of hydrogen-bond donors (Lipinski definition) is 2. The standard InChI is InChI=1S/C38H42F3N3O7.C38H44F3N3O6/c1-25(2)44(28-17-11-6-12-18-28)33(45)29-21-31-32(22-30(29)38(39,40)41)51-37(3,35(47)48)34(46)43(31)20-19-42(23-26-13-7-4-8-14-26)36(49)50-24-27-15-9-5-10-16-27;1-26(2)44(29-17-11-6-12-18-29)34(46)30-21-32-33(22-31(30)38(39,40)41)50-37(3,25-45)35(47)43(32)20-19-42(23-27-13-7-4-8-14-27)36(48)49-24-28-15-9-5-10-16-28/h4-5,7-10,13-16,21-22,25,28H,6,11-12,17-20,23-24H2,1-3H3,(H,47,48);4-5,7-10,13-16,21-22,26,29,45H,6,11-12,17-20,23-25H2,1-3H3. The van der Waals surface area contributed by atoms with Crippen molar-refractivity contribution >= 4 is 53.2 Å². The van der Waals surface area contributed by atoms with Crippen molar-refractivity contribution in [3.8, 4) is 11.5 Å². The van der Waals surface area contributed by atoms with E-state index in [1.165, 1.54) is 31.4 Å². The molecule has 540 valence electrons. The van der Waals surface area contributed by atoms with Gasteiger partial charge in [0.1, 0.15) is 24.7 Å². The van der Waals surface area contributed by atoms with Crippen LogP contribution in [0.3, 0.4) is 0 Å². The molecule has 2 fully saturated rings. The van der Waals surface area contributed by atoms with Crippen molar-refractivity contribution in [1.29, 1.82) is 0 Å². The first-order valence-electron chi connectivity index (χ1n) is 34.0. The van der Waals surface area contributed by atoms with Crippen LogP contribution in [0.15, 0.2) is 146 Å². The minimum Gasteiger partial charge on any atom is -0.478 e. The van der Waals surface area contributed by atoms with Crippen LogP contribution in [-0.2, 0) is 62.5 Å². The zero-order valence-electron chi connectivity index (χ0n) is 57.4. The number of nitrogens with zero attached hydrogens (tertiary/aromatic N) is 6. The lowest BCUT2D eigenvalue weighted by molar-refractivity contribution is -0.161. The van der Waals surface area contributed by atoms with Crippen molar-refractivity contribution in [3.63, 3.8) is 0 Å². The zero-order valence-corrected chi connectivity index (χ0v) is 57.4. The fraction of sp³-hybridized carbons (Fsp3) is 0.434. The molecule has 19 nitrogen and oxygen atoms in total. The van der Waals surface area contributed by atoms with Gasteiger partial charge in [-0.1, -0.05) is 160 Å². The molecule has 2 N–H and O–H groups in total. The molecule has 0 saturated heterocycles. The minimum atomic E-state index is -5.01. The lowest BCUT2D eigenvalue weighted by atomic mass is 9.92. The Kier molecular flexibility index (Phi) is 24.5. The molecule has 2 atom stereocenters. The number of rotatable bonds is 22. The molecule has 0 aromatic heterocycles. The molecular formula is C76H86F6N6O13. The Labute approximate surface area is 583 Å². The molecule has 4 aliphatic rings. The molecule has 2 saturated carbocycles. The van der Waals surface area contributed by atoms with E-state index in [1.54, 1.807) is 82.3 Å². The lowest BCUT2D eigenvalue weighted by Gasteiger charge is -2.41. The number of carbonyl (C=O) groups is 7. The Morgan fingerprint density at radius 1 is 0.525 bits per heavy atom. The number of aliphatic hydroxyl groups excluding tert-OH is 1. The third-order valence-corrected chi connectivity index (χ3v) is 18.6. The van der Waals surface area contributed by atoms with Gasteiger partial charge in [0, 0.05) is 63.4 Å². The second kappa shape index (κ2) is 32.8. The molecule has 2 aliphatic heterocycles. The Bertz CT molecular complexity index is 3880. The van der Waals surface area contributed by atoms with Gasteiger partial charge in [0.2, 0.25) is 5.60 Å². The Morgan fingerprint density at radius 2 is 0.871 bits per heavy atom. The zero-order chi connectivity index (χ0) is 73.0. The number of carbonyl (C=O) groups excluding carboxylic acids is 6. The molecule has 6 aromatic rings. The number of aliphatic carboxylic acids is 1. The Morgan fingerprint density at radius 3 is 1.21 bits per heavy atom. The summed E-state index contributed by atoms with van der Waals surface area (Å²) in [4.78, 5) is 103. The molecule has 0 radical (unpaired) electrons. The lowest BCUT2D eigenvalue weighted by Crippen LogP contribution is -2.60.